The topological polar surface area (TPSA) is 9.23 Å². The Balaban J connectivity index is 4.74. The number of hydrogen-bond donors (Lipinski definition) is 0. The normalized spacial score (nSPS) is 12.6. The Morgan fingerprint density at radius 3 is 1.71 bits per heavy atom. The van der Waals surface area contributed by atoms with E-state index in [1.165, 1.54) is 0 Å². The van der Waals surface area contributed by atoms with Crippen molar-refractivity contribution in [3.8, 4) is 0 Å². The van der Waals surface area contributed by atoms with Crippen molar-refractivity contribution in [2.24, 2.45) is 0 Å². The molecule has 9 heteroatoms. The van der Waals surface area contributed by atoms with Gasteiger partial charge in [-0.1, -0.05) is 0 Å². The summed E-state index contributed by atoms with van der Waals surface area (Å²) in [6.45, 7) is -2.87. The number of hydrogen-bond acceptors (Lipinski definition) is 1. The Kier molecular flexibility index (Phi) is 3.72. The molecule has 0 spiro atoms. The molecule has 0 aliphatic heterocycles. The lowest BCUT2D eigenvalue weighted by atomic mass is 10.3. The van der Waals surface area contributed by atoms with Crippen LogP contribution in [0.4, 0.5) is 35.1 Å². The van der Waals surface area contributed by atoms with Gasteiger partial charge in [0.1, 0.15) is 0 Å². The van der Waals surface area contributed by atoms with Gasteiger partial charge in [-0.25, -0.2) is 4.39 Å². The van der Waals surface area contributed by atoms with Crippen LogP contribution in [0.5, 0.6) is 0 Å². The minimum atomic E-state index is -5.67. The maximum Gasteiger partial charge on any atom is 0.468 e. The number of alkyl halides is 5. The van der Waals surface area contributed by atoms with Crippen LogP contribution in [0.15, 0.2) is 12.1 Å². The van der Waals surface area contributed by atoms with E-state index in [4.69, 9.17) is 0 Å². The number of ether oxygens (including phenoxy) is 1. The third-order valence-corrected chi connectivity index (χ3v) is 0.960. The maximum absolute atomic E-state index is 12.0. The Morgan fingerprint density at radius 2 is 1.43 bits per heavy atom. The highest BCUT2D eigenvalue weighted by atomic mass is 19.3. The van der Waals surface area contributed by atoms with E-state index in [2.05, 4.69) is 4.74 Å². The predicted octanol–water partition coefficient (Wildman–Crippen LogP) is 3.24. The molecular formula is C5H2F8O. The number of rotatable bonds is 4. The molecule has 0 radical (unpaired) electrons. The average Bonchev–Trinajstić information content (AvgIpc) is 2.03. The van der Waals surface area contributed by atoms with Crippen LogP contribution < -0.4 is 0 Å². The van der Waals surface area contributed by atoms with Gasteiger partial charge in [0.05, 0.1) is 0 Å². The molecule has 0 amide bonds. The van der Waals surface area contributed by atoms with Crippen molar-refractivity contribution in [1.29, 1.82) is 0 Å². The van der Waals surface area contributed by atoms with Crippen molar-refractivity contribution in [3.05, 3.63) is 12.1 Å². The largest absolute Gasteiger partial charge is 0.468 e. The molecule has 84 valence electrons. The van der Waals surface area contributed by atoms with E-state index in [0.717, 1.165) is 0 Å². The van der Waals surface area contributed by atoms with E-state index >= 15 is 0 Å². The summed E-state index contributed by atoms with van der Waals surface area (Å²) < 4.78 is 95.3. The summed E-state index contributed by atoms with van der Waals surface area (Å²) in [4.78, 5) is 0. The second-order valence-electron chi connectivity index (χ2n) is 1.99. The summed E-state index contributed by atoms with van der Waals surface area (Å²) in [7, 11) is 0. The SMILES string of the molecule is FCC(F)(F)C(F)(F)OC(F)=C(F)F. The van der Waals surface area contributed by atoms with Crippen LogP contribution in [0.25, 0.3) is 0 Å². The molecule has 14 heavy (non-hydrogen) atoms. The third kappa shape index (κ3) is 2.74. The maximum atomic E-state index is 12.0. The van der Waals surface area contributed by atoms with Gasteiger partial charge in [-0.15, -0.1) is 0 Å². The Morgan fingerprint density at radius 1 is 1.00 bits per heavy atom. The lowest BCUT2D eigenvalue weighted by molar-refractivity contribution is -0.342. The lowest BCUT2D eigenvalue weighted by Crippen LogP contribution is -2.44. The zero-order valence-electron chi connectivity index (χ0n) is 6.14. The van der Waals surface area contributed by atoms with Crippen LogP contribution in [-0.4, -0.2) is 18.7 Å². The summed E-state index contributed by atoms with van der Waals surface area (Å²) in [6, 6.07) is -3.18. The van der Waals surface area contributed by atoms with Crippen molar-refractivity contribution >= 4 is 0 Å². The van der Waals surface area contributed by atoms with Crippen LogP contribution in [0.1, 0.15) is 0 Å². The van der Waals surface area contributed by atoms with Gasteiger partial charge in [0, 0.05) is 0 Å². The third-order valence-electron chi connectivity index (χ3n) is 0.960. The average molecular weight is 230 g/mol. The van der Waals surface area contributed by atoms with Crippen molar-refractivity contribution in [3.63, 3.8) is 0 Å². The summed E-state index contributed by atoms with van der Waals surface area (Å²) in [5, 5.41) is 0. The quantitative estimate of drug-likeness (QED) is 0.532. The highest BCUT2D eigenvalue weighted by Crippen LogP contribution is 2.38. The van der Waals surface area contributed by atoms with Crippen LogP contribution in [0.3, 0.4) is 0 Å². The van der Waals surface area contributed by atoms with E-state index in [-0.39, 0.29) is 0 Å². The molecular weight excluding hydrogens is 228 g/mol. The van der Waals surface area contributed by atoms with E-state index in [0.29, 0.717) is 0 Å². The first-order valence-electron chi connectivity index (χ1n) is 2.85. The van der Waals surface area contributed by atoms with Gasteiger partial charge in [0.25, 0.3) is 0 Å². The van der Waals surface area contributed by atoms with Crippen molar-refractivity contribution in [2.45, 2.75) is 12.0 Å². The molecule has 0 aromatic rings. The molecule has 0 saturated carbocycles. The molecule has 0 heterocycles. The fourth-order valence-corrected chi connectivity index (χ4v) is 0.304. The molecule has 0 aromatic heterocycles. The van der Waals surface area contributed by atoms with Crippen molar-refractivity contribution in [1.82, 2.24) is 0 Å². The van der Waals surface area contributed by atoms with Gasteiger partial charge in [0.15, 0.2) is 6.67 Å². The summed E-state index contributed by atoms with van der Waals surface area (Å²) in [5.41, 5.74) is 0. The molecule has 0 rings (SSSR count). The smallest absolute Gasteiger partial charge is 0.398 e. The van der Waals surface area contributed by atoms with Crippen LogP contribution in [0, 0.1) is 0 Å². The highest BCUT2D eigenvalue weighted by molar-refractivity contribution is 4.86. The molecule has 0 aromatic carbocycles. The lowest BCUT2D eigenvalue weighted by Gasteiger charge is -2.22. The molecule has 0 unspecified atom stereocenters. The van der Waals surface area contributed by atoms with E-state index < -0.39 is 30.8 Å². The molecule has 0 bridgehead atoms. The zero-order valence-corrected chi connectivity index (χ0v) is 6.14. The second kappa shape index (κ2) is 4.01. The minimum absolute atomic E-state index is 2.29. The Labute approximate surface area is 71.9 Å². The van der Waals surface area contributed by atoms with E-state index in [1.807, 2.05) is 0 Å². The van der Waals surface area contributed by atoms with Crippen LogP contribution in [-0.2, 0) is 4.74 Å². The Bertz CT molecular complexity index is 230. The van der Waals surface area contributed by atoms with Gasteiger partial charge in [-0.2, -0.15) is 30.7 Å². The molecule has 0 fully saturated rings. The van der Waals surface area contributed by atoms with Gasteiger partial charge in [-0.3, -0.25) is 0 Å². The summed E-state index contributed by atoms with van der Waals surface area (Å²) >= 11 is 0. The fourth-order valence-electron chi connectivity index (χ4n) is 0.304. The highest BCUT2D eigenvalue weighted by Gasteiger charge is 2.60. The fraction of sp³-hybridized carbons (Fsp3) is 0.600. The summed E-state index contributed by atoms with van der Waals surface area (Å²) in [5.74, 6) is -5.38. The van der Waals surface area contributed by atoms with Crippen LogP contribution in [0.2, 0.25) is 0 Å². The van der Waals surface area contributed by atoms with Gasteiger partial charge >= 0.3 is 24.1 Å². The first-order chi connectivity index (χ1) is 6.14. The molecule has 0 aliphatic carbocycles. The van der Waals surface area contributed by atoms with Crippen LogP contribution >= 0.6 is 0 Å². The van der Waals surface area contributed by atoms with Crippen molar-refractivity contribution < 1.29 is 39.9 Å². The van der Waals surface area contributed by atoms with Gasteiger partial charge in [-0.05, 0) is 0 Å². The molecule has 1 nitrogen and oxygen atoms in total. The molecule has 0 N–H and O–H groups in total. The van der Waals surface area contributed by atoms with Gasteiger partial charge < -0.3 is 4.74 Å². The molecule has 0 saturated heterocycles. The second-order valence-corrected chi connectivity index (χ2v) is 1.99. The van der Waals surface area contributed by atoms with E-state index in [9.17, 15) is 35.1 Å². The zero-order chi connectivity index (χ0) is 11.6. The standard InChI is InChI=1S/C5H2F8O/c6-1-4(10,11)5(12,13)14-3(9)2(7)8/h1H2. The molecule has 0 atom stereocenters. The summed E-state index contributed by atoms with van der Waals surface area (Å²) in [6.07, 6.45) is -9.02. The number of halogens is 8. The predicted molar refractivity (Wildman–Crippen MR) is 27.3 cm³/mol. The first kappa shape index (κ1) is 13.0. The minimum Gasteiger partial charge on any atom is -0.398 e. The molecule has 0 aliphatic rings. The monoisotopic (exact) mass is 230 g/mol. The van der Waals surface area contributed by atoms with Gasteiger partial charge in [0.2, 0.25) is 0 Å². The van der Waals surface area contributed by atoms with E-state index in [1.54, 1.807) is 0 Å². The van der Waals surface area contributed by atoms with Crippen molar-refractivity contribution in [2.75, 3.05) is 6.67 Å². The Hall–Kier alpha value is -1.02. The first-order valence-corrected chi connectivity index (χ1v) is 2.85.